The van der Waals surface area contributed by atoms with E-state index >= 15 is 0 Å². The molecule has 7 nitrogen and oxygen atoms in total. The number of nitrogens with zero attached hydrogens (tertiary/aromatic N) is 3. The summed E-state index contributed by atoms with van der Waals surface area (Å²) in [5.41, 5.74) is 1.28. The Labute approximate surface area is 193 Å². The van der Waals surface area contributed by atoms with E-state index in [9.17, 15) is 4.79 Å². The maximum Gasteiger partial charge on any atom is 0.260 e. The van der Waals surface area contributed by atoms with Crippen LogP contribution in [0.2, 0.25) is 0 Å². The lowest BCUT2D eigenvalue weighted by Gasteiger charge is -2.24. The topological polar surface area (TPSA) is 64.1 Å². The maximum atomic E-state index is 13.6. The van der Waals surface area contributed by atoms with Gasteiger partial charge in [-0.15, -0.1) is 0 Å². The summed E-state index contributed by atoms with van der Waals surface area (Å²) >= 11 is 1.43. The Bertz CT molecular complexity index is 991. The number of amides is 1. The van der Waals surface area contributed by atoms with Crippen LogP contribution >= 0.6 is 11.3 Å². The Morgan fingerprint density at radius 3 is 2.19 bits per heavy atom. The van der Waals surface area contributed by atoms with Crippen LogP contribution in [0.15, 0.2) is 36.4 Å². The molecule has 0 saturated heterocycles. The van der Waals surface area contributed by atoms with Gasteiger partial charge in [-0.05, 0) is 56.4 Å². The highest BCUT2D eigenvalue weighted by atomic mass is 32.1. The van der Waals surface area contributed by atoms with E-state index in [4.69, 9.17) is 19.2 Å². The molecule has 0 radical (unpaired) electrons. The van der Waals surface area contributed by atoms with Gasteiger partial charge in [0.25, 0.3) is 5.91 Å². The molecule has 0 saturated carbocycles. The van der Waals surface area contributed by atoms with E-state index in [1.54, 1.807) is 31.3 Å². The van der Waals surface area contributed by atoms with Crippen molar-refractivity contribution in [3.8, 4) is 17.2 Å². The molecule has 172 valence electrons. The van der Waals surface area contributed by atoms with Crippen molar-refractivity contribution in [1.82, 2.24) is 9.88 Å². The predicted octanol–water partition coefficient (Wildman–Crippen LogP) is 4.70. The fourth-order valence-electron chi connectivity index (χ4n) is 3.47. The van der Waals surface area contributed by atoms with Gasteiger partial charge in [-0.1, -0.05) is 25.2 Å². The molecule has 1 heterocycles. The van der Waals surface area contributed by atoms with Gasteiger partial charge in [0.1, 0.15) is 27.5 Å². The van der Waals surface area contributed by atoms with E-state index in [0.717, 1.165) is 30.1 Å². The van der Waals surface area contributed by atoms with Crippen molar-refractivity contribution in [1.29, 1.82) is 0 Å². The molecule has 0 spiro atoms. The van der Waals surface area contributed by atoms with Crippen molar-refractivity contribution in [2.24, 2.45) is 0 Å². The molecule has 0 aliphatic carbocycles. The molecule has 0 unspecified atom stereocenters. The summed E-state index contributed by atoms with van der Waals surface area (Å²) < 4.78 is 17.4. The number of methoxy groups -OCH3 is 2. The Balaban J connectivity index is 2.01. The minimum Gasteiger partial charge on any atom is -0.495 e. The minimum absolute atomic E-state index is 0.0998. The largest absolute Gasteiger partial charge is 0.495 e. The summed E-state index contributed by atoms with van der Waals surface area (Å²) in [4.78, 5) is 22.4. The van der Waals surface area contributed by atoms with Gasteiger partial charge in [-0.25, -0.2) is 4.98 Å². The summed E-state index contributed by atoms with van der Waals surface area (Å²) in [6.07, 6.45) is 0. The highest BCUT2D eigenvalue weighted by Gasteiger charge is 2.24. The number of carbonyl (C=O) groups excluding carboxylic acids is 1. The average molecular weight is 458 g/mol. The number of anilines is 1. The van der Waals surface area contributed by atoms with Crippen molar-refractivity contribution in [3.63, 3.8) is 0 Å². The third-order valence-electron chi connectivity index (χ3n) is 5.32. The molecule has 0 aliphatic heterocycles. The Hall–Kier alpha value is -2.84. The van der Waals surface area contributed by atoms with Crippen molar-refractivity contribution >= 4 is 32.6 Å². The fourth-order valence-corrected chi connectivity index (χ4v) is 4.57. The summed E-state index contributed by atoms with van der Waals surface area (Å²) in [5.74, 6) is 2.01. The number of hydrogen-bond acceptors (Lipinski definition) is 7. The van der Waals surface area contributed by atoms with Crippen LogP contribution in [0, 0.1) is 0 Å². The lowest BCUT2D eigenvalue weighted by Crippen LogP contribution is -2.38. The number of hydrogen-bond donors (Lipinski definition) is 0. The zero-order chi connectivity index (χ0) is 23.1. The van der Waals surface area contributed by atoms with Crippen LogP contribution in [-0.4, -0.2) is 62.8 Å². The van der Waals surface area contributed by atoms with Crippen molar-refractivity contribution in [2.75, 3.05) is 51.9 Å². The standard InChI is InChI=1S/C24H31N3O4S/c1-6-26(7-2)15-16-27(23(28)17-9-11-18(12-10-17)31-8-3)24-25-21-19(29-4)13-14-20(30-5)22(21)32-24/h9-14H,6-8,15-16H2,1-5H3. The molecule has 2 aromatic carbocycles. The number of aromatic nitrogens is 1. The second-order valence-corrected chi connectivity index (χ2v) is 8.06. The Kier molecular flexibility index (Phi) is 8.30. The van der Waals surface area contributed by atoms with E-state index in [1.165, 1.54) is 11.3 Å². The highest BCUT2D eigenvalue weighted by molar-refractivity contribution is 7.22. The third-order valence-corrected chi connectivity index (χ3v) is 6.41. The lowest BCUT2D eigenvalue weighted by atomic mass is 10.2. The number of rotatable bonds is 11. The van der Waals surface area contributed by atoms with Crippen LogP contribution < -0.4 is 19.1 Å². The molecular formula is C24H31N3O4S. The fraction of sp³-hybridized carbons (Fsp3) is 0.417. The number of fused-ring (bicyclic) bond motifs is 1. The first kappa shape index (κ1) is 23.8. The monoisotopic (exact) mass is 457 g/mol. The van der Waals surface area contributed by atoms with Gasteiger partial charge in [0.15, 0.2) is 5.13 Å². The molecule has 1 amide bonds. The number of likely N-dealkylation sites (N-methyl/N-ethyl adjacent to an activating group) is 1. The molecule has 0 N–H and O–H groups in total. The summed E-state index contributed by atoms with van der Waals surface area (Å²) in [6.45, 7) is 9.87. The van der Waals surface area contributed by atoms with Crippen molar-refractivity contribution in [3.05, 3.63) is 42.0 Å². The summed E-state index contributed by atoms with van der Waals surface area (Å²) in [6, 6.07) is 10.9. The molecule has 8 heteroatoms. The van der Waals surface area contributed by atoms with Gasteiger partial charge in [0, 0.05) is 18.7 Å². The van der Waals surface area contributed by atoms with E-state index in [0.29, 0.717) is 40.9 Å². The van der Waals surface area contributed by atoms with E-state index in [1.807, 2.05) is 31.2 Å². The first-order valence-electron chi connectivity index (χ1n) is 10.8. The maximum absolute atomic E-state index is 13.6. The average Bonchev–Trinajstić information content (AvgIpc) is 3.27. The molecule has 1 aromatic heterocycles. The summed E-state index contributed by atoms with van der Waals surface area (Å²) in [5, 5.41) is 0.619. The quantitative estimate of drug-likeness (QED) is 0.416. The van der Waals surface area contributed by atoms with Crippen LogP contribution in [0.3, 0.4) is 0 Å². The van der Waals surface area contributed by atoms with Gasteiger partial charge in [0.2, 0.25) is 0 Å². The lowest BCUT2D eigenvalue weighted by molar-refractivity contribution is 0.0983. The molecule has 3 rings (SSSR count). The van der Waals surface area contributed by atoms with E-state index < -0.39 is 0 Å². The van der Waals surface area contributed by atoms with Gasteiger partial charge in [0.05, 0.1) is 20.8 Å². The molecule has 32 heavy (non-hydrogen) atoms. The molecule has 3 aromatic rings. The number of carbonyl (C=O) groups is 1. The molecule has 0 bridgehead atoms. The number of ether oxygens (including phenoxy) is 3. The first-order chi connectivity index (χ1) is 15.6. The second kappa shape index (κ2) is 11.2. The number of thiazole rings is 1. The molecule has 0 fully saturated rings. The Morgan fingerprint density at radius 1 is 0.938 bits per heavy atom. The highest BCUT2D eigenvalue weighted by Crippen LogP contribution is 2.40. The summed E-state index contributed by atoms with van der Waals surface area (Å²) in [7, 11) is 3.24. The first-order valence-corrected chi connectivity index (χ1v) is 11.7. The molecule has 0 atom stereocenters. The van der Waals surface area contributed by atoms with Gasteiger partial charge in [-0.2, -0.15) is 0 Å². The minimum atomic E-state index is -0.0998. The van der Waals surface area contributed by atoms with Gasteiger partial charge in [-0.3, -0.25) is 9.69 Å². The van der Waals surface area contributed by atoms with E-state index in [2.05, 4.69) is 18.7 Å². The van der Waals surface area contributed by atoms with E-state index in [-0.39, 0.29) is 5.91 Å². The molecule has 0 aliphatic rings. The third kappa shape index (κ3) is 5.14. The van der Waals surface area contributed by atoms with Crippen LogP contribution in [0.4, 0.5) is 5.13 Å². The van der Waals surface area contributed by atoms with Crippen molar-refractivity contribution in [2.45, 2.75) is 20.8 Å². The zero-order valence-electron chi connectivity index (χ0n) is 19.4. The van der Waals surface area contributed by atoms with Gasteiger partial charge >= 0.3 is 0 Å². The van der Waals surface area contributed by atoms with Crippen LogP contribution in [0.5, 0.6) is 17.2 Å². The van der Waals surface area contributed by atoms with Crippen LogP contribution in [0.25, 0.3) is 10.2 Å². The van der Waals surface area contributed by atoms with Crippen LogP contribution in [-0.2, 0) is 0 Å². The zero-order valence-corrected chi connectivity index (χ0v) is 20.2. The SMILES string of the molecule is CCOc1ccc(C(=O)N(CCN(CC)CC)c2nc3c(OC)ccc(OC)c3s2)cc1. The predicted molar refractivity (Wildman–Crippen MR) is 130 cm³/mol. The van der Waals surface area contributed by atoms with Crippen LogP contribution in [0.1, 0.15) is 31.1 Å². The number of benzene rings is 2. The Morgan fingerprint density at radius 2 is 1.59 bits per heavy atom. The normalized spacial score (nSPS) is 11.1. The molecular weight excluding hydrogens is 426 g/mol. The second-order valence-electron chi connectivity index (χ2n) is 7.09. The van der Waals surface area contributed by atoms with Crippen molar-refractivity contribution < 1.29 is 19.0 Å². The van der Waals surface area contributed by atoms with Gasteiger partial charge < -0.3 is 19.1 Å². The smallest absolute Gasteiger partial charge is 0.260 e.